The van der Waals surface area contributed by atoms with Gasteiger partial charge in [-0.15, -0.1) is 0 Å². The SMILES string of the molecule is CN(C)c1ccnc(NC2CCC(CNC(=O)c3ccc(Br)cc3)CC2)n1. The molecule has 1 saturated carbocycles. The summed E-state index contributed by atoms with van der Waals surface area (Å²) in [5, 5.41) is 6.52. The highest BCUT2D eigenvalue weighted by molar-refractivity contribution is 9.10. The molecule has 2 N–H and O–H groups in total. The number of carbonyl (C=O) groups excluding carboxylic acids is 1. The molecule has 6 nitrogen and oxygen atoms in total. The maximum Gasteiger partial charge on any atom is 0.251 e. The number of amides is 1. The van der Waals surface area contributed by atoms with Crippen LogP contribution in [0.5, 0.6) is 0 Å². The third kappa shape index (κ3) is 5.66. The number of hydrogen-bond acceptors (Lipinski definition) is 5. The van der Waals surface area contributed by atoms with Crippen molar-refractivity contribution in [2.24, 2.45) is 5.92 Å². The predicted octanol–water partition coefficient (Wildman–Crippen LogP) is 3.71. The molecule has 1 amide bonds. The quantitative estimate of drug-likeness (QED) is 0.729. The zero-order chi connectivity index (χ0) is 19.2. The first-order chi connectivity index (χ1) is 13.0. The number of rotatable bonds is 6. The van der Waals surface area contributed by atoms with Gasteiger partial charge in [-0.2, -0.15) is 4.98 Å². The van der Waals surface area contributed by atoms with Gasteiger partial charge >= 0.3 is 0 Å². The molecular weight excluding hydrogens is 406 g/mol. The third-order valence-corrected chi connectivity index (χ3v) is 5.47. The Morgan fingerprint density at radius 1 is 1.15 bits per heavy atom. The fraction of sp³-hybridized carbons (Fsp3) is 0.450. The monoisotopic (exact) mass is 431 g/mol. The summed E-state index contributed by atoms with van der Waals surface area (Å²) in [7, 11) is 3.94. The molecule has 1 heterocycles. The molecule has 0 atom stereocenters. The summed E-state index contributed by atoms with van der Waals surface area (Å²) in [5.41, 5.74) is 0.700. The van der Waals surface area contributed by atoms with Crippen molar-refractivity contribution in [2.75, 3.05) is 30.9 Å². The number of hydrogen-bond donors (Lipinski definition) is 2. The second kappa shape index (κ2) is 9.17. The van der Waals surface area contributed by atoms with Crippen LogP contribution in [0.2, 0.25) is 0 Å². The standard InChI is InChI=1S/C20H26BrN5O/c1-26(2)18-11-12-22-20(25-18)24-17-9-3-14(4-10-17)13-23-19(27)15-5-7-16(21)8-6-15/h5-8,11-12,14,17H,3-4,9-10,13H2,1-2H3,(H,23,27)(H,22,24,25). The molecule has 0 saturated heterocycles. The number of halogens is 1. The van der Waals surface area contributed by atoms with Crippen LogP contribution in [-0.2, 0) is 0 Å². The summed E-state index contributed by atoms with van der Waals surface area (Å²) in [6.07, 6.45) is 6.09. The Hall–Kier alpha value is -2.15. The van der Waals surface area contributed by atoms with Crippen LogP contribution in [0, 0.1) is 5.92 Å². The minimum atomic E-state index is -0.00310. The molecule has 0 aliphatic heterocycles. The highest BCUT2D eigenvalue weighted by atomic mass is 79.9. The van der Waals surface area contributed by atoms with Gasteiger partial charge in [0.15, 0.2) is 0 Å². The van der Waals surface area contributed by atoms with Gasteiger partial charge in [-0.25, -0.2) is 4.98 Å². The predicted molar refractivity (Wildman–Crippen MR) is 112 cm³/mol. The lowest BCUT2D eigenvalue weighted by Crippen LogP contribution is -2.34. The molecule has 0 radical (unpaired) electrons. The maximum atomic E-state index is 12.2. The van der Waals surface area contributed by atoms with Crippen LogP contribution in [0.25, 0.3) is 0 Å². The highest BCUT2D eigenvalue weighted by Gasteiger charge is 2.22. The minimum Gasteiger partial charge on any atom is -0.363 e. The van der Waals surface area contributed by atoms with Crippen LogP contribution in [0.15, 0.2) is 41.0 Å². The molecule has 1 aromatic heterocycles. The van der Waals surface area contributed by atoms with E-state index in [-0.39, 0.29) is 5.91 Å². The van der Waals surface area contributed by atoms with Crippen LogP contribution < -0.4 is 15.5 Å². The first kappa shape index (κ1) is 19.6. The number of anilines is 2. The van der Waals surface area contributed by atoms with Crippen LogP contribution in [-0.4, -0.2) is 42.6 Å². The normalized spacial score (nSPS) is 19.4. The summed E-state index contributed by atoms with van der Waals surface area (Å²) in [6.45, 7) is 0.730. The Kier molecular flexibility index (Phi) is 6.66. The van der Waals surface area contributed by atoms with Gasteiger partial charge in [0.2, 0.25) is 5.95 Å². The summed E-state index contributed by atoms with van der Waals surface area (Å²) >= 11 is 3.39. The number of nitrogens with one attached hydrogen (secondary N) is 2. The number of nitrogens with zero attached hydrogens (tertiary/aromatic N) is 3. The molecular formula is C20H26BrN5O. The Labute approximate surface area is 168 Å². The summed E-state index contributed by atoms with van der Waals surface area (Å²) in [4.78, 5) is 23.1. The van der Waals surface area contributed by atoms with Crippen LogP contribution in [0.3, 0.4) is 0 Å². The lowest BCUT2D eigenvalue weighted by Gasteiger charge is -2.29. The molecule has 1 aliphatic carbocycles. The van der Waals surface area contributed by atoms with Gasteiger partial charge in [0.05, 0.1) is 0 Å². The average Bonchev–Trinajstić information content (AvgIpc) is 2.68. The van der Waals surface area contributed by atoms with Crippen molar-refractivity contribution in [2.45, 2.75) is 31.7 Å². The maximum absolute atomic E-state index is 12.2. The molecule has 7 heteroatoms. The molecule has 0 bridgehead atoms. The van der Waals surface area contributed by atoms with E-state index in [1.165, 1.54) is 0 Å². The third-order valence-electron chi connectivity index (χ3n) is 4.94. The average molecular weight is 432 g/mol. The topological polar surface area (TPSA) is 70.2 Å². The summed E-state index contributed by atoms with van der Waals surface area (Å²) in [5.74, 6) is 2.11. The van der Waals surface area contributed by atoms with E-state index in [0.29, 0.717) is 23.5 Å². The lowest BCUT2D eigenvalue weighted by molar-refractivity contribution is 0.0943. The summed E-state index contributed by atoms with van der Waals surface area (Å²) < 4.78 is 0.977. The minimum absolute atomic E-state index is 0.00310. The van der Waals surface area contributed by atoms with E-state index in [1.54, 1.807) is 6.20 Å². The number of aromatic nitrogens is 2. The van der Waals surface area contributed by atoms with E-state index >= 15 is 0 Å². The van der Waals surface area contributed by atoms with E-state index < -0.39 is 0 Å². The van der Waals surface area contributed by atoms with E-state index in [2.05, 4.69) is 36.5 Å². The van der Waals surface area contributed by atoms with Gasteiger partial charge in [0, 0.05) is 42.9 Å². The fourth-order valence-corrected chi connectivity index (χ4v) is 3.57. The van der Waals surface area contributed by atoms with Crippen molar-refractivity contribution in [1.29, 1.82) is 0 Å². The van der Waals surface area contributed by atoms with Crippen molar-refractivity contribution < 1.29 is 4.79 Å². The van der Waals surface area contributed by atoms with Crippen LogP contribution >= 0.6 is 15.9 Å². The number of carbonyl (C=O) groups is 1. The van der Waals surface area contributed by atoms with E-state index in [9.17, 15) is 4.79 Å². The van der Waals surface area contributed by atoms with Crippen molar-refractivity contribution >= 4 is 33.6 Å². The molecule has 0 unspecified atom stereocenters. The first-order valence-corrected chi connectivity index (χ1v) is 10.1. The lowest BCUT2D eigenvalue weighted by atomic mass is 9.86. The molecule has 3 rings (SSSR count). The second-order valence-corrected chi connectivity index (χ2v) is 8.13. The largest absolute Gasteiger partial charge is 0.363 e. The first-order valence-electron chi connectivity index (χ1n) is 9.32. The van der Waals surface area contributed by atoms with E-state index in [1.807, 2.05) is 49.3 Å². The Morgan fingerprint density at radius 2 is 1.85 bits per heavy atom. The van der Waals surface area contributed by atoms with Gasteiger partial charge in [0.1, 0.15) is 5.82 Å². The molecule has 1 aromatic carbocycles. The second-order valence-electron chi connectivity index (χ2n) is 7.21. The Morgan fingerprint density at radius 3 is 2.52 bits per heavy atom. The van der Waals surface area contributed by atoms with Gasteiger partial charge in [-0.05, 0) is 61.9 Å². The zero-order valence-corrected chi connectivity index (χ0v) is 17.4. The molecule has 2 aromatic rings. The zero-order valence-electron chi connectivity index (χ0n) is 15.8. The van der Waals surface area contributed by atoms with Crippen LogP contribution in [0.1, 0.15) is 36.0 Å². The van der Waals surface area contributed by atoms with Crippen molar-refractivity contribution in [1.82, 2.24) is 15.3 Å². The van der Waals surface area contributed by atoms with Gasteiger partial charge in [-0.1, -0.05) is 15.9 Å². The smallest absolute Gasteiger partial charge is 0.251 e. The molecule has 0 spiro atoms. The van der Waals surface area contributed by atoms with E-state index in [4.69, 9.17) is 0 Å². The molecule has 144 valence electrons. The van der Waals surface area contributed by atoms with Gasteiger partial charge in [-0.3, -0.25) is 4.79 Å². The van der Waals surface area contributed by atoms with Gasteiger partial charge in [0.25, 0.3) is 5.91 Å². The van der Waals surface area contributed by atoms with Gasteiger partial charge < -0.3 is 15.5 Å². The summed E-state index contributed by atoms with van der Waals surface area (Å²) in [6, 6.07) is 9.74. The van der Waals surface area contributed by atoms with Crippen molar-refractivity contribution in [3.8, 4) is 0 Å². The van der Waals surface area contributed by atoms with Crippen LogP contribution in [0.4, 0.5) is 11.8 Å². The fourth-order valence-electron chi connectivity index (χ4n) is 3.30. The Bertz CT molecular complexity index is 757. The Balaban J connectivity index is 1.43. The molecule has 1 fully saturated rings. The molecule has 1 aliphatic rings. The van der Waals surface area contributed by atoms with Crippen molar-refractivity contribution in [3.05, 3.63) is 46.6 Å². The van der Waals surface area contributed by atoms with E-state index in [0.717, 1.165) is 42.5 Å². The highest BCUT2D eigenvalue weighted by Crippen LogP contribution is 2.26. The number of benzene rings is 1. The molecule has 27 heavy (non-hydrogen) atoms. The van der Waals surface area contributed by atoms with Crippen molar-refractivity contribution in [3.63, 3.8) is 0 Å².